The first-order valence-electron chi connectivity index (χ1n) is 5.07. The standard InChI is InChI=1S/C12H10BrN3O2/c13-9-5-7(14)1-2-10(9)16-12(18)8-3-4-15-6-11(8)17/h1-6,17H,14H2,(H,16,18). The summed E-state index contributed by atoms with van der Waals surface area (Å²) < 4.78 is 0.671. The molecule has 0 radical (unpaired) electrons. The minimum atomic E-state index is -0.416. The van der Waals surface area contributed by atoms with Crippen molar-refractivity contribution in [1.82, 2.24) is 4.98 Å². The van der Waals surface area contributed by atoms with Crippen molar-refractivity contribution in [3.05, 3.63) is 46.7 Å². The molecule has 6 heteroatoms. The van der Waals surface area contributed by atoms with E-state index in [1.807, 2.05) is 0 Å². The monoisotopic (exact) mass is 307 g/mol. The molecular formula is C12H10BrN3O2. The average molecular weight is 308 g/mol. The first-order chi connectivity index (χ1) is 8.58. The number of anilines is 2. The summed E-state index contributed by atoms with van der Waals surface area (Å²) in [5.41, 5.74) is 6.93. The first-order valence-corrected chi connectivity index (χ1v) is 5.86. The number of hydrogen-bond donors (Lipinski definition) is 3. The van der Waals surface area contributed by atoms with Crippen molar-refractivity contribution >= 4 is 33.2 Å². The van der Waals surface area contributed by atoms with Crippen LogP contribution in [0.5, 0.6) is 5.75 Å². The van der Waals surface area contributed by atoms with Crippen LogP contribution in [0.3, 0.4) is 0 Å². The van der Waals surface area contributed by atoms with Crippen LogP contribution in [0.1, 0.15) is 10.4 Å². The van der Waals surface area contributed by atoms with Crippen LogP contribution in [0.15, 0.2) is 41.1 Å². The highest BCUT2D eigenvalue weighted by atomic mass is 79.9. The molecular weight excluding hydrogens is 298 g/mol. The molecule has 0 saturated heterocycles. The summed E-state index contributed by atoms with van der Waals surface area (Å²) in [6.45, 7) is 0. The van der Waals surface area contributed by atoms with Gasteiger partial charge in [0.1, 0.15) is 5.75 Å². The second-order valence-corrected chi connectivity index (χ2v) is 4.44. The smallest absolute Gasteiger partial charge is 0.259 e. The molecule has 2 rings (SSSR count). The van der Waals surface area contributed by atoms with E-state index in [0.29, 0.717) is 15.8 Å². The molecule has 2 aromatic rings. The second kappa shape index (κ2) is 5.05. The Kier molecular flexibility index (Phi) is 3.47. The van der Waals surface area contributed by atoms with Gasteiger partial charge in [0.15, 0.2) is 0 Å². The number of benzene rings is 1. The number of rotatable bonds is 2. The van der Waals surface area contributed by atoms with Gasteiger partial charge < -0.3 is 16.2 Å². The van der Waals surface area contributed by atoms with Gasteiger partial charge in [-0.25, -0.2) is 0 Å². The molecule has 0 spiro atoms. The van der Waals surface area contributed by atoms with Crippen molar-refractivity contribution in [3.63, 3.8) is 0 Å². The number of amides is 1. The fourth-order valence-corrected chi connectivity index (χ4v) is 1.90. The van der Waals surface area contributed by atoms with Crippen LogP contribution in [0.2, 0.25) is 0 Å². The van der Waals surface area contributed by atoms with E-state index in [1.54, 1.807) is 18.2 Å². The molecule has 92 valence electrons. The van der Waals surface area contributed by atoms with E-state index < -0.39 is 5.91 Å². The van der Waals surface area contributed by atoms with Gasteiger partial charge in [0.05, 0.1) is 17.4 Å². The van der Waals surface area contributed by atoms with Gasteiger partial charge in [0.2, 0.25) is 0 Å². The number of carbonyl (C=O) groups excluding carboxylic acids is 1. The molecule has 1 aromatic carbocycles. The minimum absolute atomic E-state index is 0.161. The van der Waals surface area contributed by atoms with Crippen molar-refractivity contribution in [2.75, 3.05) is 11.1 Å². The summed E-state index contributed by atoms with van der Waals surface area (Å²) in [5.74, 6) is -0.582. The number of aromatic hydroxyl groups is 1. The topological polar surface area (TPSA) is 88.2 Å². The fourth-order valence-electron chi connectivity index (χ4n) is 1.40. The Morgan fingerprint density at radius 2 is 2.17 bits per heavy atom. The van der Waals surface area contributed by atoms with Crippen molar-refractivity contribution in [1.29, 1.82) is 0 Å². The van der Waals surface area contributed by atoms with Crippen LogP contribution >= 0.6 is 15.9 Å². The van der Waals surface area contributed by atoms with Crippen LogP contribution < -0.4 is 11.1 Å². The maximum Gasteiger partial charge on any atom is 0.259 e. The summed E-state index contributed by atoms with van der Waals surface area (Å²) in [5, 5.41) is 12.2. The lowest BCUT2D eigenvalue weighted by molar-refractivity contribution is 0.102. The predicted octanol–water partition coefficient (Wildman–Crippen LogP) is 2.38. The van der Waals surface area contributed by atoms with Crippen molar-refractivity contribution in [2.45, 2.75) is 0 Å². The molecule has 1 aromatic heterocycles. The van der Waals surface area contributed by atoms with E-state index in [1.165, 1.54) is 18.5 Å². The molecule has 0 saturated carbocycles. The molecule has 4 N–H and O–H groups in total. The Labute approximate surface area is 112 Å². The number of hydrogen-bond acceptors (Lipinski definition) is 4. The Morgan fingerprint density at radius 1 is 1.39 bits per heavy atom. The fraction of sp³-hybridized carbons (Fsp3) is 0. The second-order valence-electron chi connectivity index (χ2n) is 3.59. The normalized spacial score (nSPS) is 10.1. The van der Waals surface area contributed by atoms with Crippen molar-refractivity contribution in [2.24, 2.45) is 0 Å². The van der Waals surface area contributed by atoms with Gasteiger partial charge in [-0.3, -0.25) is 9.78 Å². The lowest BCUT2D eigenvalue weighted by Crippen LogP contribution is -2.12. The van der Waals surface area contributed by atoms with E-state index in [4.69, 9.17) is 5.73 Å². The SMILES string of the molecule is Nc1ccc(NC(=O)c2ccncc2O)c(Br)c1. The van der Waals surface area contributed by atoms with E-state index in [-0.39, 0.29) is 11.3 Å². The molecule has 0 aliphatic carbocycles. The van der Waals surface area contributed by atoms with Crippen LogP contribution in [-0.4, -0.2) is 16.0 Å². The van der Waals surface area contributed by atoms with Gasteiger partial charge in [-0.05, 0) is 40.2 Å². The molecule has 0 fully saturated rings. The molecule has 0 unspecified atom stereocenters. The highest BCUT2D eigenvalue weighted by Gasteiger charge is 2.12. The number of halogens is 1. The summed E-state index contributed by atoms with van der Waals surface area (Å²) in [7, 11) is 0. The van der Waals surface area contributed by atoms with Gasteiger partial charge in [-0.2, -0.15) is 0 Å². The van der Waals surface area contributed by atoms with Gasteiger partial charge in [0.25, 0.3) is 5.91 Å². The lowest BCUT2D eigenvalue weighted by Gasteiger charge is -2.08. The Hall–Kier alpha value is -2.08. The van der Waals surface area contributed by atoms with Gasteiger partial charge in [0, 0.05) is 16.4 Å². The summed E-state index contributed by atoms with van der Waals surface area (Å²) in [6.07, 6.45) is 2.65. The Bertz CT molecular complexity index is 602. The van der Waals surface area contributed by atoms with Gasteiger partial charge in [-0.1, -0.05) is 0 Å². The van der Waals surface area contributed by atoms with Crippen LogP contribution in [0, 0.1) is 0 Å². The van der Waals surface area contributed by atoms with Crippen LogP contribution in [0.4, 0.5) is 11.4 Å². The number of nitrogens with zero attached hydrogens (tertiary/aromatic N) is 1. The van der Waals surface area contributed by atoms with E-state index in [2.05, 4.69) is 26.2 Å². The zero-order chi connectivity index (χ0) is 13.1. The molecule has 0 atom stereocenters. The van der Waals surface area contributed by atoms with E-state index in [9.17, 15) is 9.90 Å². The zero-order valence-electron chi connectivity index (χ0n) is 9.22. The molecule has 18 heavy (non-hydrogen) atoms. The molecule has 5 nitrogen and oxygen atoms in total. The Balaban J connectivity index is 2.24. The molecule has 1 amide bonds. The van der Waals surface area contributed by atoms with Crippen molar-refractivity contribution < 1.29 is 9.90 Å². The predicted molar refractivity (Wildman–Crippen MR) is 72.4 cm³/mol. The molecule has 1 heterocycles. The van der Waals surface area contributed by atoms with E-state index in [0.717, 1.165) is 0 Å². The number of pyridine rings is 1. The molecule has 0 aliphatic heterocycles. The van der Waals surface area contributed by atoms with Crippen LogP contribution in [-0.2, 0) is 0 Å². The minimum Gasteiger partial charge on any atom is -0.505 e. The first kappa shape index (κ1) is 12.4. The molecule has 0 bridgehead atoms. The lowest BCUT2D eigenvalue weighted by atomic mass is 10.2. The maximum atomic E-state index is 11.9. The quantitative estimate of drug-likeness (QED) is 0.743. The third-order valence-electron chi connectivity index (χ3n) is 2.29. The number of aromatic nitrogens is 1. The summed E-state index contributed by atoms with van der Waals surface area (Å²) in [6, 6.07) is 6.47. The number of nitrogen functional groups attached to an aromatic ring is 1. The van der Waals surface area contributed by atoms with E-state index >= 15 is 0 Å². The highest BCUT2D eigenvalue weighted by molar-refractivity contribution is 9.10. The number of carbonyl (C=O) groups is 1. The largest absolute Gasteiger partial charge is 0.505 e. The van der Waals surface area contributed by atoms with Crippen molar-refractivity contribution in [3.8, 4) is 5.75 Å². The van der Waals surface area contributed by atoms with Gasteiger partial charge in [-0.15, -0.1) is 0 Å². The summed E-state index contributed by atoms with van der Waals surface area (Å²) in [4.78, 5) is 15.6. The number of nitrogens with two attached hydrogens (primary N) is 1. The maximum absolute atomic E-state index is 11.9. The number of nitrogens with one attached hydrogen (secondary N) is 1. The highest BCUT2D eigenvalue weighted by Crippen LogP contribution is 2.26. The van der Waals surface area contributed by atoms with Gasteiger partial charge >= 0.3 is 0 Å². The molecule has 0 aliphatic rings. The Morgan fingerprint density at radius 3 is 2.83 bits per heavy atom. The average Bonchev–Trinajstić information content (AvgIpc) is 2.33. The third-order valence-corrected chi connectivity index (χ3v) is 2.94. The summed E-state index contributed by atoms with van der Waals surface area (Å²) >= 11 is 3.30. The van der Waals surface area contributed by atoms with Crippen LogP contribution in [0.25, 0.3) is 0 Å². The zero-order valence-corrected chi connectivity index (χ0v) is 10.8. The third kappa shape index (κ3) is 2.60.